The SMILES string of the molecule is CCN(CC)C(=O)c1ccc2c(O)c(C(=O)N(CC)CC)ccc2c1O. The van der Waals surface area contributed by atoms with Gasteiger partial charge in [0.2, 0.25) is 0 Å². The van der Waals surface area contributed by atoms with Gasteiger partial charge < -0.3 is 20.0 Å². The van der Waals surface area contributed by atoms with E-state index in [0.29, 0.717) is 37.0 Å². The van der Waals surface area contributed by atoms with E-state index in [1.807, 2.05) is 27.7 Å². The molecule has 2 amide bonds. The Morgan fingerprint density at radius 2 is 1.00 bits per heavy atom. The van der Waals surface area contributed by atoms with Gasteiger partial charge in [0.15, 0.2) is 0 Å². The Morgan fingerprint density at radius 1 is 0.692 bits per heavy atom. The first-order valence-electron chi connectivity index (χ1n) is 8.97. The first-order chi connectivity index (χ1) is 12.4. The van der Waals surface area contributed by atoms with Crippen molar-refractivity contribution in [1.29, 1.82) is 0 Å². The van der Waals surface area contributed by atoms with Crippen molar-refractivity contribution in [2.75, 3.05) is 26.2 Å². The number of rotatable bonds is 6. The van der Waals surface area contributed by atoms with Gasteiger partial charge in [-0.1, -0.05) is 0 Å². The van der Waals surface area contributed by atoms with Crippen molar-refractivity contribution in [3.63, 3.8) is 0 Å². The number of aromatic hydroxyl groups is 2. The molecule has 140 valence electrons. The zero-order chi connectivity index (χ0) is 19.4. The molecule has 2 aromatic carbocycles. The number of phenolic OH excluding ortho intramolecular Hbond substituents is 2. The van der Waals surface area contributed by atoms with E-state index in [0.717, 1.165) is 0 Å². The quantitative estimate of drug-likeness (QED) is 0.831. The van der Waals surface area contributed by atoms with E-state index in [2.05, 4.69) is 0 Å². The van der Waals surface area contributed by atoms with Crippen LogP contribution < -0.4 is 0 Å². The second-order valence-corrected chi connectivity index (χ2v) is 5.97. The van der Waals surface area contributed by atoms with Crippen LogP contribution in [0.2, 0.25) is 0 Å². The molecule has 0 heterocycles. The van der Waals surface area contributed by atoms with Crippen molar-refractivity contribution < 1.29 is 19.8 Å². The summed E-state index contributed by atoms with van der Waals surface area (Å²) in [5.74, 6) is -0.901. The summed E-state index contributed by atoms with van der Waals surface area (Å²) >= 11 is 0. The van der Waals surface area contributed by atoms with Crippen LogP contribution in [0.25, 0.3) is 10.8 Å². The zero-order valence-electron chi connectivity index (χ0n) is 15.7. The topological polar surface area (TPSA) is 81.1 Å². The molecule has 0 aromatic heterocycles. The molecule has 0 spiro atoms. The van der Waals surface area contributed by atoms with Crippen LogP contribution in [0.3, 0.4) is 0 Å². The van der Waals surface area contributed by atoms with Crippen LogP contribution >= 0.6 is 0 Å². The van der Waals surface area contributed by atoms with Gasteiger partial charge >= 0.3 is 0 Å². The van der Waals surface area contributed by atoms with Gasteiger partial charge in [-0.25, -0.2) is 0 Å². The highest BCUT2D eigenvalue weighted by Crippen LogP contribution is 2.36. The minimum absolute atomic E-state index is 0.184. The molecule has 0 radical (unpaired) electrons. The van der Waals surface area contributed by atoms with Gasteiger partial charge in [-0.15, -0.1) is 0 Å². The van der Waals surface area contributed by atoms with Crippen LogP contribution in [0.15, 0.2) is 24.3 Å². The number of nitrogens with zero attached hydrogens (tertiary/aromatic N) is 2. The van der Waals surface area contributed by atoms with Crippen molar-refractivity contribution in [3.8, 4) is 11.5 Å². The van der Waals surface area contributed by atoms with Gasteiger partial charge in [-0.3, -0.25) is 9.59 Å². The Kier molecular flexibility index (Phi) is 6.08. The van der Waals surface area contributed by atoms with Crippen molar-refractivity contribution >= 4 is 22.6 Å². The van der Waals surface area contributed by atoms with Crippen molar-refractivity contribution in [2.45, 2.75) is 27.7 Å². The Balaban J connectivity index is 2.56. The summed E-state index contributed by atoms with van der Waals surface area (Å²) in [7, 11) is 0. The Labute approximate surface area is 153 Å². The first-order valence-corrected chi connectivity index (χ1v) is 8.97. The second-order valence-electron chi connectivity index (χ2n) is 5.97. The lowest BCUT2D eigenvalue weighted by Gasteiger charge is -2.21. The maximum atomic E-state index is 12.5. The fourth-order valence-corrected chi connectivity index (χ4v) is 3.08. The van der Waals surface area contributed by atoms with Gasteiger partial charge in [0.25, 0.3) is 11.8 Å². The van der Waals surface area contributed by atoms with Gasteiger partial charge in [0.05, 0.1) is 11.1 Å². The van der Waals surface area contributed by atoms with Crippen LogP contribution in [-0.4, -0.2) is 58.0 Å². The van der Waals surface area contributed by atoms with Crippen LogP contribution in [0, 0.1) is 0 Å². The molecule has 0 unspecified atom stereocenters. The summed E-state index contributed by atoms with van der Waals surface area (Å²) in [6, 6.07) is 6.12. The third-order valence-electron chi connectivity index (χ3n) is 4.71. The number of amides is 2. The summed E-state index contributed by atoms with van der Waals surface area (Å²) in [6.45, 7) is 9.63. The summed E-state index contributed by atoms with van der Waals surface area (Å²) < 4.78 is 0. The maximum Gasteiger partial charge on any atom is 0.257 e. The molecule has 0 saturated heterocycles. The molecule has 0 saturated carbocycles. The summed E-state index contributed by atoms with van der Waals surface area (Å²) in [5, 5.41) is 21.8. The van der Waals surface area contributed by atoms with E-state index >= 15 is 0 Å². The first kappa shape index (κ1) is 19.6. The lowest BCUT2D eigenvalue weighted by atomic mass is 10.00. The van der Waals surface area contributed by atoms with E-state index in [1.165, 1.54) is 12.1 Å². The number of benzene rings is 2. The Hall–Kier alpha value is -2.76. The number of carbonyl (C=O) groups excluding carboxylic acids is 2. The molecule has 26 heavy (non-hydrogen) atoms. The number of hydrogen-bond acceptors (Lipinski definition) is 4. The standard InChI is InChI=1S/C20H26N2O4/c1-5-21(6-2)19(25)15-11-9-14-13(17(15)23)10-12-16(18(14)24)20(26)22(7-3)8-4/h9-12,23-24H,5-8H2,1-4H3. The third kappa shape index (κ3) is 3.31. The molecule has 6 heteroatoms. The van der Waals surface area contributed by atoms with Gasteiger partial charge in [0, 0.05) is 37.0 Å². The normalized spacial score (nSPS) is 10.8. The molecular formula is C20H26N2O4. The minimum atomic E-state index is -0.266. The van der Waals surface area contributed by atoms with E-state index in [9.17, 15) is 19.8 Å². The predicted molar refractivity (Wildman–Crippen MR) is 102 cm³/mol. The fraction of sp³-hybridized carbons (Fsp3) is 0.400. The average molecular weight is 358 g/mol. The molecule has 2 aromatic rings. The van der Waals surface area contributed by atoms with Crippen molar-refractivity contribution in [3.05, 3.63) is 35.4 Å². The maximum absolute atomic E-state index is 12.5. The third-order valence-corrected chi connectivity index (χ3v) is 4.71. The molecule has 0 fully saturated rings. The summed E-state index contributed by atoms with van der Waals surface area (Å²) in [5.41, 5.74) is 0.367. The van der Waals surface area contributed by atoms with E-state index in [4.69, 9.17) is 0 Å². The fourth-order valence-electron chi connectivity index (χ4n) is 3.08. The highest BCUT2D eigenvalue weighted by Gasteiger charge is 2.22. The molecule has 0 bridgehead atoms. The van der Waals surface area contributed by atoms with Gasteiger partial charge in [0.1, 0.15) is 11.5 Å². The van der Waals surface area contributed by atoms with Gasteiger partial charge in [-0.05, 0) is 52.0 Å². The largest absolute Gasteiger partial charge is 0.506 e. The van der Waals surface area contributed by atoms with Gasteiger partial charge in [-0.2, -0.15) is 0 Å². The molecule has 6 nitrogen and oxygen atoms in total. The lowest BCUT2D eigenvalue weighted by Crippen LogP contribution is -2.30. The van der Waals surface area contributed by atoms with Crippen molar-refractivity contribution in [2.24, 2.45) is 0 Å². The van der Waals surface area contributed by atoms with Crippen LogP contribution in [0.4, 0.5) is 0 Å². The molecular weight excluding hydrogens is 332 g/mol. The molecule has 0 aliphatic rings. The van der Waals surface area contributed by atoms with E-state index in [1.54, 1.807) is 21.9 Å². The molecule has 0 aliphatic carbocycles. The number of hydrogen-bond donors (Lipinski definition) is 2. The molecule has 0 atom stereocenters. The van der Waals surface area contributed by atoms with Crippen molar-refractivity contribution in [1.82, 2.24) is 9.80 Å². The number of fused-ring (bicyclic) bond motifs is 1. The highest BCUT2D eigenvalue weighted by atomic mass is 16.3. The lowest BCUT2D eigenvalue weighted by molar-refractivity contribution is 0.0761. The summed E-state index contributed by atoms with van der Waals surface area (Å²) in [4.78, 5) is 28.3. The Bertz CT molecular complexity index is 755. The summed E-state index contributed by atoms with van der Waals surface area (Å²) in [6.07, 6.45) is 0. The van der Waals surface area contributed by atoms with Crippen LogP contribution in [0.5, 0.6) is 11.5 Å². The second kappa shape index (κ2) is 8.08. The molecule has 2 N–H and O–H groups in total. The van der Waals surface area contributed by atoms with Crippen LogP contribution in [-0.2, 0) is 0 Å². The number of phenols is 2. The predicted octanol–water partition coefficient (Wildman–Crippen LogP) is 3.22. The highest BCUT2D eigenvalue weighted by molar-refractivity contribution is 6.08. The molecule has 0 aliphatic heterocycles. The minimum Gasteiger partial charge on any atom is -0.506 e. The van der Waals surface area contributed by atoms with E-state index < -0.39 is 0 Å². The number of carbonyl (C=O) groups is 2. The Morgan fingerprint density at radius 3 is 1.27 bits per heavy atom. The zero-order valence-corrected chi connectivity index (χ0v) is 15.7. The average Bonchev–Trinajstić information content (AvgIpc) is 2.64. The monoisotopic (exact) mass is 358 g/mol. The molecule has 2 rings (SSSR count). The van der Waals surface area contributed by atoms with E-state index in [-0.39, 0.29) is 34.4 Å². The smallest absolute Gasteiger partial charge is 0.257 e. The van der Waals surface area contributed by atoms with Crippen LogP contribution in [0.1, 0.15) is 48.4 Å².